The topological polar surface area (TPSA) is 59.2 Å². The summed E-state index contributed by atoms with van der Waals surface area (Å²) in [7, 11) is 1.84. The number of pyridine rings is 1. The number of nitrogen functional groups attached to an aromatic ring is 1. The second-order valence-corrected chi connectivity index (χ2v) is 6.56. The van der Waals surface area contributed by atoms with Gasteiger partial charge in [-0.2, -0.15) is 0 Å². The molecule has 0 bridgehead atoms. The minimum Gasteiger partial charge on any atom is -0.383 e. The molecule has 112 valence electrons. The van der Waals surface area contributed by atoms with E-state index in [1.807, 2.05) is 31.3 Å². The predicted molar refractivity (Wildman–Crippen MR) is 87.2 cm³/mol. The van der Waals surface area contributed by atoms with Crippen molar-refractivity contribution in [3.05, 3.63) is 36.0 Å². The number of rotatable bonds is 2. The van der Waals surface area contributed by atoms with Crippen molar-refractivity contribution in [3.8, 4) is 0 Å². The summed E-state index contributed by atoms with van der Waals surface area (Å²) in [5, 5.41) is 1.67. The second kappa shape index (κ2) is 5.35. The van der Waals surface area contributed by atoms with Crippen LogP contribution in [-0.2, 0) is 0 Å². The fourth-order valence-electron chi connectivity index (χ4n) is 2.33. The number of carbonyl (C=O) groups is 1. The van der Waals surface area contributed by atoms with E-state index in [1.54, 1.807) is 11.1 Å². The number of benzene rings is 1. The summed E-state index contributed by atoms with van der Waals surface area (Å²) >= 11 is 0. The molecule has 4 heteroatoms. The predicted octanol–water partition coefficient (Wildman–Crippen LogP) is 3.32. The van der Waals surface area contributed by atoms with Crippen molar-refractivity contribution in [1.29, 1.82) is 0 Å². The third-order valence-corrected chi connectivity index (χ3v) is 4.21. The molecule has 21 heavy (non-hydrogen) atoms. The summed E-state index contributed by atoms with van der Waals surface area (Å²) in [5.41, 5.74) is 6.51. The average molecular weight is 285 g/mol. The number of aromatic nitrogens is 1. The smallest absolute Gasteiger partial charge is 0.256 e. The van der Waals surface area contributed by atoms with Gasteiger partial charge in [0.1, 0.15) is 5.82 Å². The van der Waals surface area contributed by atoms with E-state index in [1.165, 1.54) is 0 Å². The van der Waals surface area contributed by atoms with Crippen LogP contribution in [0, 0.1) is 5.41 Å². The first kappa shape index (κ1) is 15.3. The van der Waals surface area contributed by atoms with Crippen LogP contribution in [-0.4, -0.2) is 28.9 Å². The lowest BCUT2D eigenvalue weighted by Crippen LogP contribution is -2.43. The molecule has 0 saturated carbocycles. The number of amides is 1. The van der Waals surface area contributed by atoms with E-state index in [2.05, 4.69) is 32.7 Å². The normalized spacial score (nSPS) is 13.2. The summed E-state index contributed by atoms with van der Waals surface area (Å²) < 4.78 is 0. The highest BCUT2D eigenvalue weighted by Gasteiger charge is 2.28. The summed E-state index contributed by atoms with van der Waals surface area (Å²) in [6, 6.07) is 7.72. The molecule has 4 nitrogen and oxygen atoms in total. The minimum absolute atomic E-state index is 0.0153. The molecule has 1 amide bonds. The van der Waals surface area contributed by atoms with E-state index in [4.69, 9.17) is 5.73 Å². The molecule has 1 aromatic carbocycles. The highest BCUT2D eigenvalue weighted by Crippen LogP contribution is 2.27. The van der Waals surface area contributed by atoms with Crippen LogP contribution >= 0.6 is 0 Å². The zero-order chi connectivity index (χ0) is 15.8. The fourth-order valence-corrected chi connectivity index (χ4v) is 2.33. The quantitative estimate of drug-likeness (QED) is 0.920. The van der Waals surface area contributed by atoms with Gasteiger partial charge in [-0.15, -0.1) is 0 Å². The molecule has 0 aliphatic carbocycles. The van der Waals surface area contributed by atoms with E-state index in [9.17, 15) is 4.79 Å². The Morgan fingerprint density at radius 2 is 1.81 bits per heavy atom. The summed E-state index contributed by atoms with van der Waals surface area (Å²) in [6.45, 7) is 8.44. The van der Waals surface area contributed by atoms with Gasteiger partial charge in [0.2, 0.25) is 0 Å². The van der Waals surface area contributed by atoms with Gasteiger partial charge in [0.15, 0.2) is 0 Å². The molecule has 0 radical (unpaired) electrons. The standard InChI is InChI=1S/C17H23N3O/c1-11(17(2,3)4)20(5)16(21)14-10-19-15(18)13-9-7-6-8-12(13)14/h6-11H,1-5H3,(H2,18,19). The third kappa shape index (κ3) is 2.84. The Kier molecular flexibility index (Phi) is 3.90. The van der Waals surface area contributed by atoms with Crippen LogP contribution in [0.15, 0.2) is 30.5 Å². The highest BCUT2D eigenvalue weighted by molar-refractivity contribution is 6.08. The van der Waals surface area contributed by atoms with Crippen molar-refractivity contribution in [1.82, 2.24) is 9.88 Å². The number of fused-ring (bicyclic) bond motifs is 1. The number of hydrogen-bond acceptors (Lipinski definition) is 3. The summed E-state index contributed by atoms with van der Waals surface area (Å²) in [5.74, 6) is 0.426. The zero-order valence-corrected chi connectivity index (χ0v) is 13.3. The Hall–Kier alpha value is -2.10. The zero-order valence-electron chi connectivity index (χ0n) is 13.3. The van der Waals surface area contributed by atoms with E-state index in [0.717, 1.165) is 10.8 Å². The molecule has 2 aromatic rings. The molecule has 2 N–H and O–H groups in total. The lowest BCUT2D eigenvalue weighted by molar-refractivity contribution is 0.0631. The van der Waals surface area contributed by atoms with E-state index in [-0.39, 0.29) is 17.4 Å². The van der Waals surface area contributed by atoms with Gasteiger partial charge in [0.25, 0.3) is 5.91 Å². The molecule has 0 spiro atoms. The number of nitrogens with two attached hydrogens (primary N) is 1. The van der Waals surface area contributed by atoms with Crippen molar-refractivity contribution in [3.63, 3.8) is 0 Å². The van der Waals surface area contributed by atoms with E-state index in [0.29, 0.717) is 11.4 Å². The average Bonchev–Trinajstić information content (AvgIpc) is 2.45. The largest absolute Gasteiger partial charge is 0.383 e. The number of carbonyl (C=O) groups excluding carboxylic acids is 1. The molecule has 0 saturated heterocycles. The van der Waals surface area contributed by atoms with E-state index < -0.39 is 0 Å². The van der Waals surface area contributed by atoms with Crippen molar-refractivity contribution >= 4 is 22.5 Å². The van der Waals surface area contributed by atoms with Crippen LogP contribution in [0.3, 0.4) is 0 Å². The van der Waals surface area contributed by atoms with Gasteiger partial charge in [0, 0.05) is 24.7 Å². The van der Waals surface area contributed by atoms with Crippen LogP contribution in [0.25, 0.3) is 10.8 Å². The maximum Gasteiger partial charge on any atom is 0.256 e. The Balaban J connectivity index is 2.48. The Labute approximate surface area is 126 Å². The first-order chi connectivity index (χ1) is 9.73. The van der Waals surface area contributed by atoms with Crippen LogP contribution in [0.4, 0.5) is 5.82 Å². The molecular weight excluding hydrogens is 262 g/mol. The summed E-state index contributed by atoms with van der Waals surface area (Å²) in [4.78, 5) is 18.7. The fraction of sp³-hybridized carbons (Fsp3) is 0.412. The highest BCUT2D eigenvalue weighted by atomic mass is 16.2. The molecule has 1 heterocycles. The molecule has 0 aliphatic heterocycles. The van der Waals surface area contributed by atoms with Gasteiger partial charge < -0.3 is 10.6 Å². The second-order valence-electron chi connectivity index (χ2n) is 6.56. The van der Waals surface area contributed by atoms with Crippen molar-refractivity contribution in [2.75, 3.05) is 12.8 Å². The van der Waals surface area contributed by atoms with Crippen LogP contribution in [0.1, 0.15) is 38.1 Å². The van der Waals surface area contributed by atoms with Crippen molar-refractivity contribution < 1.29 is 4.79 Å². The van der Waals surface area contributed by atoms with Gasteiger partial charge in [-0.3, -0.25) is 4.79 Å². The molecule has 1 unspecified atom stereocenters. The van der Waals surface area contributed by atoms with Crippen molar-refractivity contribution in [2.45, 2.75) is 33.7 Å². The maximum absolute atomic E-state index is 12.8. The number of hydrogen-bond donors (Lipinski definition) is 1. The Bertz CT molecular complexity index is 673. The van der Waals surface area contributed by atoms with Gasteiger partial charge in [-0.1, -0.05) is 45.0 Å². The first-order valence-electron chi connectivity index (χ1n) is 7.14. The van der Waals surface area contributed by atoms with E-state index >= 15 is 0 Å². The van der Waals surface area contributed by atoms with Crippen LogP contribution < -0.4 is 5.73 Å². The van der Waals surface area contributed by atoms with Crippen LogP contribution in [0.5, 0.6) is 0 Å². The lowest BCUT2D eigenvalue weighted by Gasteiger charge is -2.35. The Morgan fingerprint density at radius 1 is 1.24 bits per heavy atom. The maximum atomic E-state index is 12.8. The van der Waals surface area contributed by atoms with Gasteiger partial charge in [-0.25, -0.2) is 4.98 Å². The van der Waals surface area contributed by atoms with Gasteiger partial charge in [-0.05, 0) is 17.7 Å². The van der Waals surface area contributed by atoms with Gasteiger partial charge >= 0.3 is 0 Å². The lowest BCUT2D eigenvalue weighted by atomic mass is 9.87. The minimum atomic E-state index is -0.0267. The molecule has 1 atom stereocenters. The number of nitrogens with zero attached hydrogens (tertiary/aromatic N) is 2. The third-order valence-electron chi connectivity index (χ3n) is 4.21. The Morgan fingerprint density at radius 3 is 2.38 bits per heavy atom. The molecule has 0 fully saturated rings. The SMILES string of the molecule is CC(N(C)C(=O)c1cnc(N)c2ccccc12)C(C)(C)C. The molecule has 0 aliphatic rings. The molecule has 1 aromatic heterocycles. The molecule has 2 rings (SSSR count). The van der Waals surface area contributed by atoms with Gasteiger partial charge in [0.05, 0.1) is 5.56 Å². The van der Waals surface area contributed by atoms with Crippen LogP contribution in [0.2, 0.25) is 0 Å². The molecular formula is C17H23N3O. The van der Waals surface area contributed by atoms with Crippen molar-refractivity contribution in [2.24, 2.45) is 5.41 Å². The number of anilines is 1. The summed E-state index contributed by atoms with van der Waals surface area (Å²) in [6.07, 6.45) is 1.58. The first-order valence-corrected chi connectivity index (χ1v) is 7.14. The monoisotopic (exact) mass is 285 g/mol.